The Kier molecular flexibility index (Phi) is 8.83. The van der Waals surface area contributed by atoms with Crippen molar-refractivity contribution in [3.8, 4) is 50.2 Å². The highest BCUT2D eigenvalue weighted by atomic mass is 16.3. The van der Waals surface area contributed by atoms with Crippen LogP contribution in [-0.4, -0.2) is 4.57 Å². The van der Waals surface area contributed by atoms with Crippen LogP contribution in [-0.2, 0) is 0 Å². The van der Waals surface area contributed by atoms with E-state index in [1.807, 2.05) is 12.1 Å². The average Bonchev–Trinajstić information content (AvgIpc) is 3.90. The number of rotatable bonds is 8. The van der Waals surface area contributed by atoms with Gasteiger partial charge < -0.3 is 13.9 Å². The Bertz CT molecular complexity index is 3570. The molecule has 0 aliphatic carbocycles. The minimum atomic E-state index is 0.867. The second-order valence-electron chi connectivity index (χ2n) is 16.1. The minimum Gasteiger partial charge on any atom is -0.456 e. The Hall–Kier alpha value is -8.40. The van der Waals surface area contributed by atoms with Crippen molar-refractivity contribution in [2.75, 3.05) is 4.90 Å². The van der Waals surface area contributed by atoms with Crippen LogP contribution < -0.4 is 4.90 Å². The number of anilines is 3. The van der Waals surface area contributed by atoms with E-state index in [2.05, 4.69) is 240 Å². The zero-order valence-corrected chi connectivity index (χ0v) is 34.4. The standard InChI is InChI=1S/C60H40N2O/c1-3-17-42(18-4-1)48-23-7-8-27-53(48)60-49(43-19-5-2-6-20-43)28-16-31-57(60)61(47-37-38-59-54(40-47)52-26-11-14-32-58(52)63-59)45-35-33-41(34-36-45)44-21-15-22-46(39-44)62-55-29-12-9-24-50(55)51-25-10-13-30-56(51)62/h1-40H. The summed E-state index contributed by atoms with van der Waals surface area (Å²) in [6.45, 7) is 0. The molecule has 0 aliphatic rings. The van der Waals surface area contributed by atoms with Crippen LogP contribution in [0.4, 0.5) is 17.1 Å². The summed E-state index contributed by atoms with van der Waals surface area (Å²) in [7, 11) is 0. The largest absolute Gasteiger partial charge is 0.456 e. The van der Waals surface area contributed by atoms with Crippen molar-refractivity contribution in [1.82, 2.24) is 4.57 Å². The second-order valence-corrected chi connectivity index (χ2v) is 16.1. The van der Waals surface area contributed by atoms with Crippen LogP contribution in [0, 0.1) is 0 Å². The first-order chi connectivity index (χ1) is 31.3. The van der Waals surface area contributed by atoms with E-state index in [0.29, 0.717) is 0 Å². The minimum absolute atomic E-state index is 0.867. The zero-order valence-electron chi connectivity index (χ0n) is 34.4. The number of hydrogen-bond donors (Lipinski definition) is 0. The summed E-state index contributed by atoms with van der Waals surface area (Å²) in [6, 6.07) is 87.2. The molecule has 0 saturated heterocycles. The summed E-state index contributed by atoms with van der Waals surface area (Å²) >= 11 is 0. The van der Waals surface area contributed by atoms with E-state index in [4.69, 9.17) is 4.42 Å². The van der Waals surface area contributed by atoms with Gasteiger partial charge in [-0.05, 0) is 106 Å². The Balaban J connectivity index is 1.06. The monoisotopic (exact) mass is 804 g/mol. The molecule has 0 fully saturated rings. The van der Waals surface area contributed by atoms with Gasteiger partial charge in [0.2, 0.25) is 0 Å². The van der Waals surface area contributed by atoms with Gasteiger partial charge in [0.1, 0.15) is 11.2 Å². The fourth-order valence-electron chi connectivity index (χ4n) is 9.55. The number of furan rings is 1. The lowest BCUT2D eigenvalue weighted by Gasteiger charge is -2.30. The second kappa shape index (κ2) is 15.3. The van der Waals surface area contributed by atoms with E-state index in [1.165, 1.54) is 32.9 Å². The molecular weight excluding hydrogens is 765 g/mol. The lowest BCUT2D eigenvalue weighted by Crippen LogP contribution is -2.12. The van der Waals surface area contributed by atoms with Gasteiger partial charge in [-0.15, -0.1) is 0 Å². The molecule has 0 spiro atoms. The van der Waals surface area contributed by atoms with Crippen LogP contribution in [0.1, 0.15) is 0 Å². The molecule has 3 heteroatoms. The molecular formula is C60H40N2O. The molecule has 0 amide bonds. The van der Waals surface area contributed by atoms with E-state index in [-0.39, 0.29) is 0 Å². The van der Waals surface area contributed by atoms with Gasteiger partial charge in [-0.25, -0.2) is 0 Å². The lowest BCUT2D eigenvalue weighted by molar-refractivity contribution is 0.669. The SMILES string of the molecule is c1ccc(-c2ccccc2-c2c(-c3ccccc3)cccc2N(c2ccc(-c3cccc(-n4c5ccccc5c5ccccc54)c3)cc2)c2ccc3oc4ccccc4c3c2)cc1. The van der Waals surface area contributed by atoms with E-state index < -0.39 is 0 Å². The zero-order chi connectivity index (χ0) is 41.7. The molecule has 0 atom stereocenters. The number of benzene rings is 10. The van der Waals surface area contributed by atoms with Crippen LogP contribution in [0.25, 0.3) is 93.9 Å². The molecule has 12 rings (SSSR count). The number of nitrogens with zero attached hydrogens (tertiary/aromatic N) is 2. The van der Waals surface area contributed by atoms with Gasteiger partial charge in [0.15, 0.2) is 0 Å². The van der Waals surface area contributed by atoms with Crippen molar-refractivity contribution in [2.45, 2.75) is 0 Å². The first-order valence-corrected chi connectivity index (χ1v) is 21.5. The highest BCUT2D eigenvalue weighted by Gasteiger charge is 2.24. The average molecular weight is 805 g/mol. The maximum atomic E-state index is 6.36. The molecule has 63 heavy (non-hydrogen) atoms. The number of hydrogen-bond acceptors (Lipinski definition) is 2. The van der Waals surface area contributed by atoms with Gasteiger partial charge in [-0.3, -0.25) is 0 Å². The van der Waals surface area contributed by atoms with Gasteiger partial charge >= 0.3 is 0 Å². The quantitative estimate of drug-likeness (QED) is 0.153. The summed E-state index contributed by atoms with van der Waals surface area (Å²) in [5, 5.41) is 4.69. The third kappa shape index (κ3) is 6.29. The summed E-state index contributed by atoms with van der Waals surface area (Å²) in [5.74, 6) is 0. The smallest absolute Gasteiger partial charge is 0.135 e. The predicted octanol–water partition coefficient (Wildman–Crippen LogP) is 16.8. The van der Waals surface area contributed by atoms with Crippen molar-refractivity contribution in [1.29, 1.82) is 0 Å². The van der Waals surface area contributed by atoms with Crippen molar-refractivity contribution in [2.24, 2.45) is 0 Å². The molecule has 2 aromatic heterocycles. The molecule has 3 nitrogen and oxygen atoms in total. The maximum Gasteiger partial charge on any atom is 0.135 e. The van der Waals surface area contributed by atoms with Crippen LogP contribution in [0.15, 0.2) is 247 Å². The van der Waals surface area contributed by atoms with Crippen molar-refractivity contribution in [3.05, 3.63) is 243 Å². The van der Waals surface area contributed by atoms with E-state index in [0.717, 1.165) is 78.1 Å². The molecule has 0 N–H and O–H groups in total. The first kappa shape index (κ1) is 36.5. The topological polar surface area (TPSA) is 21.3 Å². The van der Waals surface area contributed by atoms with Crippen molar-refractivity contribution < 1.29 is 4.42 Å². The lowest BCUT2D eigenvalue weighted by atomic mass is 9.87. The summed E-state index contributed by atoms with van der Waals surface area (Å²) in [5.41, 5.74) is 17.7. The first-order valence-electron chi connectivity index (χ1n) is 21.5. The number of aromatic nitrogens is 1. The summed E-state index contributed by atoms with van der Waals surface area (Å²) in [6.07, 6.45) is 0. The van der Waals surface area contributed by atoms with Crippen LogP contribution in [0.3, 0.4) is 0 Å². The third-order valence-electron chi connectivity index (χ3n) is 12.4. The molecule has 0 saturated carbocycles. The third-order valence-corrected chi connectivity index (χ3v) is 12.4. The van der Waals surface area contributed by atoms with Gasteiger partial charge in [0, 0.05) is 44.2 Å². The Morgan fingerprint density at radius 1 is 0.317 bits per heavy atom. The van der Waals surface area contributed by atoms with Gasteiger partial charge in [-0.1, -0.05) is 176 Å². The molecule has 10 aromatic carbocycles. The number of para-hydroxylation sites is 3. The molecule has 0 radical (unpaired) electrons. The highest BCUT2D eigenvalue weighted by Crippen LogP contribution is 2.49. The van der Waals surface area contributed by atoms with E-state index >= 15 is 0 Å². The Labute approximate surface area is 366 Å². The van der Waals surface area contributed by atoms with Crippen LogP contribution >= 0.6 is 0 Å². The van der Waals surface area contributed by atoms with Crippen LogP contribution in [0.2, 0.25) is 0 Å². The van der Waals surface area contributed by atoms with Crippen LogP contribution in [0.5, 0.6) is 0 Å². The van der Waals surface area contributed by atoms with Gasteiger partial charge in [-0.2, -0.15) is 0 Å². The summed E-state index contributed by atoms with van der Waals surface area (Å²) < 4.78 is 8.74. The molecule has 12 aromatic rings. The molecule has 2 heterocycles. The van der Waals surface area contributed by atoms with E-state index in [1.54, 1.807) is 0 Å². The Morgan fingerprint density at radius 2 is 0.857 bits per heavy atom. The predicted molar refractivity (Wildman–Crippen MR) is 264 cm³/mol. The summed E-state index contributed by atoms with van der Waals surface area (Å²) in [4.78, 5) is 2.42. The van der Waals surface area contributed by atoms with Gasteiger partial charge in [0.05, 0.1) is 16.7 Å². The Morgan fingerprint density at radius 3 is 1.59 bits per heavy atom. The fourth-order valence-corrected chi connectivity index (χ4v) is 9.55. The van der Waals surface area contributed by atoms with Crippen molar-refractivity contribution >= 4 is 60.8 Å². The molecule has 0 aliphatic heterocycles. The van der Waals surface area contributed by atoms with Gasteiger partial charge in [0.25, 0.3) is 0 Å². The fraction of sp³-hybridized carbons (Fsp3) is 0. The molecule has 0 unspecified atom stereocenters. The normalized spacial score (nSPS) is 11.5. The number of fused-ring (bicyclic) bond motifs is 6. The van der Waals surface area contributed by atoms with Crippen molar-refractivity contribution in [3.63, 3.8) is 0 Å². The maximum absolute atomic E-state index is 6.36. The molecule has 296 valence electrons. The highest BCUT2D eigenvalue weighted by molar-refractivity contribution is 6.10. The molecule has 0 bridgehead atoms. The van der Waals surface area contributed by atoms with E-state index in [9.17, 15) is 0 Å².